The summed E-state index contributed by atoms with van der Waals surface area (Å²) in [5.74, 6) is 0. The quantitative estimate of drug-likeness (QED) is 0.568. The molecule has 0 rings (SSSR count). The molecule has 2 heteroatoms. The number of rotatable bonds is 4. The molecule has 0 fully saturated rings. The van der Waals surface area contributed by atoms with E-state index in [9.17, 15) is 0 Å². The Kier molecular flexibility index (Phi) is 4.72. The first kappa shape index (κ1) is 9.97. The molecule has 0 aromatic heterocycles. The zero-order chi connectivity index (χ0) is 8.15. The van der Waals surface area contributed by atoms with Gasteiger partial charge in [0.1, 0.15) is 0 Å². The molecular weight excluding hydrogens is 141 g/mol. The van der Waals surface area contributed by atoms with Gasteiger partial charge in [-0.25, -0.2) is 0 Å². The van der Waals surface area contributed by atoms with Crippen molar-refractivity contribution in [1.82, 2.24) is 4.90 Å². The molecule has 0 radical (unpaired) electrons. The molecule has 0 aromatic rings. The molecule has 0 amide bonds. The topological polar surface area (TPSA) is 3.24 Å². The molecule has 1 nitrogen and oxygen atoms in total. The van der Waals surface area contributed by atoms with E-state index in [1.807, 2.05) is 0 Å². The Morgan fingerprint density at radius 1 is 1.60 bits per heavy atom. The van der Waals surface area contributed by atoms with E-state index in [-0.39, 0.29) is 0 Å². The maximum atomic E-state index is 3.91. The highest BCUT2D eigenvalue weighted by Crippen LogP contribution is 2.06. The van der Waals surface area contributed by atoms with Crippen LogP contribution in [0.25, 0.3) is 0 Å². The number of allylic oxidation sites excluding steroid dienone is 1. The van der Waals surface area contributed by atoms with Gasteiger partial charge in [0.05, 0.1) is 0 Å². The van der Waals surface area contributed by atoms with E-state index in [2.05, 4.69) is 41.5 Å². The molecule has 0 spiro atoms. The van der Waals surface area contributed by atoms with Crippen LogP contribution in [0.2, 0.25) is 0 Å². The summed E-state index contributed by atoms with van der Waals surface area (Å²) in [6.45, 7) is 11.4. The van der Waals surface area contributed by atoms with Crippen LogP contribution in [0.15, 0.2) is 12.3 Å². The minimum atomic E-state index is 0.582. The van der Waals surface area contributed by atoms with Crippen LogP contribution in [0, 0.1) is 0 Å². The maximum absolute atomic E-state index is 3.91. The first-order valence-electron chi connectivity index (χ1n) is 3.71. The molecule has 0 aliphatic rings. The third-order valence-corrected chi connectivity index (χ3v) is 1.74. The molecule has 1 atom stereocenters. The summed E-state index contributed by atoms with van der Waals surface area (Å²) in [7, 11) is 2.73. The predicted molar refractivity (Wildman–Crippen MR) is 51.2 cm³/mol. The second-order valence-electron chi connectivity index (χ2n) is 2.81. The molecule has 0 heterocycles. The normalized spacial score (nSPS) is 10.1. The van der Waals surface area contributed by atoms with Crippen molar-refractivity contribution in [3.8, 4) is 0 Å². The molecule has 0 saturated carbocycles. The standard InChI is InChI=1S/C8H18NP/c1-7(2)9(5-6-10)8(3)4/h8H,1,5-6,10H2,2-4H3. The minimum absolute atomic E-state index is 0.582. The first-order chi connectivity index (χ1) is 4.59. The van der Waals surface area contributed by atoms with Crippen molar-refractivity contribution >= 4 is 9.24 Å². The van der Waals surface area contributed by atoms with Gasteiger partial charge >= 0.3 is 0 Å². The highest BCUT2D eigenvalue weighted by molar-refractivity contribution is 7.16. The van der Waals surface area contributed by atoms with Crippen LogP contribution in [-0.4, -0.2) is 23.6 Å². The van der Waals surface area contributed by atoms with Crippen molar-refractivity contribution in [2.75, 3.05) is 12.7 Å². The Balaban J connectivity index is 3.85. The average molecular weight is 159 g/mol. The van der Waals surface area contributed by atoms with Crippen molar-refractivity contribution in [1.29, 1.82) is 0 Å². The van der Waals surface area contributed by atoms with E-state index in [0.717, 1.165) is 18.4 Å². The van der Waals surface area contributed by atoms with Gasteiger partial charge in [-0.1, -0.05) is 6.58 Å². The number of hydrogen-bond donors (Lipinski definition) is 0. The lowest BCUT2D eigenvalue weighted by Crippen LogP contribution is -2.30. The van der Waals surface area contributed by atoms with Crippen LogP contribution in [0.4, 0.5) is 0 Å². The van der Waals surface area contributed by atoms with Crippen LogP contribution in [-0.2, 0) is 0 Å². The fourth-order valence-corrected chi connectivity index (χ4v) is 1.31. The monoisotopic (exact) mass is 159 g/mol. The second kappa shape index (κ2) is 4.73. The van der Waals surface area contributed by atoms with Crippen molar-refractivity contribution in [3.05, 3.63) is 12.3 Å². The fraction of sp³-hybridized carbons (Fsp3) is 0.750. The largest absolute Gasteiger partial charge is 0.373 e. The van der Waals surface area contributed by atoms with Gasteiger partial charge in [-0.15, -0.1) is 9.24 Å². The molecule has 0 N–H and O–H groups in total. The summed E-state index contributed by atoms with van der Waals surface area (Å²) >= 11 is 0. The number of hydrogen-bond acceptors (Lipinski definition) is 1. The van der Waals surface area contributed by atoms with Crippen molar-refractivity contribution < 1.29 is 0 Å². The van der Waals surface area contributed by atoms with Crippen LogP contribution < -0.4 is 0 Å². The molecule has 0 bridgehead atoms. The lowest BCUT2D eigenvalue weighted by Gasteiger charge is -2.28. The minimum Gasteiger partial charge on any atom is -0.373 e. The molecule has 0 aliphatic heterocycles. The summed E-state index contributed by atoms with van der Waals surface area (Å²) in [6, 6.07) is 0.582. The molecule has 0 aliphatic carbocycles. The Bertz CT molecular complexity index is 110. The zero-order valence-electron chi connectivity index (χ0n) is 7.22. The molecular formula is C8H18NP. The predicted octanol–water partition coefficient (Wildman–Crippen LogP) is 2.11. The van der Waals surface area contributed by atoms with Gasteiger partial charge in [0.15, 0.2) is 0 Å². The molecule has 0 aromatic carbocycles. The van der Waals surface area contributed by atoms with Gasteiger partial charge in [0, 0.05) is 18.3 Å². The van der Waals surface area contributed by atoms with E-state index in [4.69, 9.17) is 0 Å². The average Bonchev–Trinajstić information content (AvgIpc) is 1.81. The SMILES string of the molecule is C=C(C)N(CCP)C(C)C. The van der Waals surface area contributed by atoms with Crippen molar-refractivity contribution in [2.45, 2.75) is 26.8 Å². The number of nitrogens with zero attached hydrogens (tertiary/aromatic N) is 1. The zero-order valence-corrected chi connectivity index (χ0v) is 8.38. The van der Waals surface area contributed by atoms with E-state index >= 15 is 0 Å². The van der Waals surface area contributed by atoms with E-state index in [1.54, 1.807) is 0 Å². The van der Waals surface area contributed by atoms with Gasteiger partial charge in [-0.3, -0.25) is 0 Å². The summed E-state index contributed by atoms with van der Waals surface area (Å²) in [6.07, 6.45) is 1.12. The Morgan fingerprint density at radius 3 is 2.20 bits per heavy atom. The summed E-state index contributed by atoms with van der Waals surface area (Å²) in [5, 5.41) is 0. The Morgan fingerprint density at radius 2 is 2.10 bits per heavy atom. The smallest absolute Gasteiger partial charge is 0.0230 e. The van der Waals surface area contributed by atoms with Gasteiger partial charge < -0.3 is 4.90 Å². The highest BCUT2D eigenvalue weighted by Gasteiger charge is 2.05. The summed E-state index contributed by atoms with van der Waals surface area (Å²) in [5.41, 5.74) is 1.16. The van der Waals surface area contributed by atoms with E-state index < -0.39 is 0 Å². The van der Waals surface area contributed by atoms with Gasteiger partial charge in [0.25, 0.3) is 0 Å². The second-order valence-corrected chi connectivity index (χ2v) is 3.39. The molecule has 10 heavy (non-hydrogen) atoms. The van der Waals surface area contributed by atoms with Crippen molar-refractivity contribution in [2.24, 2.45) is 0 Å². The van der Waals surface area contributed by atoms with Crippen LogP contribution in [0.3, 0.4) is 0 Å². The Hall–Kier alpha value is -0.0300. The van der Waals surface area contributed by atoms with E-state index in [1.165, 1.54) is 0 Å². The lowest BCUT2D eigenvalue weighted by molar-refractivity contribution is 0.303. The first-order valence-corrected chi connectivity index (χ1v) is 4.53. The molecule has 1 unspecified atom stereocenters. The molecule has 0 saturated heterocycles. The lowest BCUT2D eigenvalue weighted by atomic mass is 10.3. The van der Waals surface area contributed by atoms with Crippen LogP contribution in [0.5, 0.6) is 0 Å². The van der Waals surface area contributed by atoms with Gasteiger partial charge in [0.2, 0.25) is 0 Å². The van der Waals surface area contributed by atoms with Crippen LogP contribution in [0.1, 0.15) is 20.8 Å². The summed E-state index contributed by atoms with van der Waals surface area (Å²) < 4.78 is 0. The third kappa shape index (κ3) is 3.22. The highest BCUT2D eigenvalue weighted by atomic mass is 31.0. The fourth-order valence-electron chi connectivity index (χ4n) is 1.03. The Labute approximate surface area is 66.7 Å². The molecule has 60 valence electrons. The van der Waals surface area contributed by atoms with E-state index in [0.29, 0.717) is 6.04 Å². The summed E-state index contributed by atoms with van der Waals surface area (Å²) in [4.78, 5) is 2.30. The van der Waals surface area contributed by atoms with Crippen molar-refractivity contribution in [3.63, 3.8) is 0 Å². The van der Waals surface area contributed by atoms with Crippen LogP contribution >= 0.6 is 9.24 Å². The third-order valence-electron chi connectivity index (χ3n) is 1.48. The van der Waals surface area contributed by atoms with Gasteiger partial charge in [-0.2, -0.15) is 0 Å². The van der Waals surface area contributed by atoms with Gasteiger partial charge in [-0.05, 0) is 26.9 Å². The maximum Gasteiger partial charge on any atom is 0.0230 e.